The van der Waals surface area contributed by atoms with E-state index in [1.54, 1.807) is 0 Å². The number of aryl methyl sites for hydroxylation is 2. The van der Waals surface area contributed by atoms with Gasteiger partial charge in [-0.25, -0.2) is 0 Å². The van der Waals surface area contributed by atoms with Crippen molar-refractivity contribution < 1.29 is 0 Å². The molecule has 0 fully saturated rings. The highest BCUT2D eigenvalue weighted by molar-refractivity contribution is 5.97. The van der Waals surface area contributed by atoms with Gasteiger partial charge in [-0.05, 0) is 50.8 Å². The van der Waals surface area contributed by atoms with E-state index in [1.165, 1.54) is 22.5 Å². The molecule has 5 nitrogen and oxygen atoms in total. The minimum atomic E-state index is 0.772. The fourth-order valence-electron chi connectivity index (χ4n) is 3.41. The second-order valence-electron chi connectivity index (χ2n) is 6.29. The van der Waals surface area contributed by atoms with Crippen molar-refractivity contribution in [3.05, 3.63) is 46.8 Å². The number of aromatic nitrogens is 2. The molecule has 0 radical (unpaired) electrons. The lowest BCUT2D eigenvalue weighted by Gasteiger charge is -2.22. The molecule has 2 aromatic rings. The number of aliphatic imine (C=N–C) groups is 1. The van der Waals surface area contributed by atoms with Crippen LogP contribution in [0.5, 0.6) is 0 Å². The van der Waals surface area contributed by atoms with Crippen molar-refractivity contribution in [1.29, 1.82) is 0 Å². The molecule has 0 saturated carbocycles. The van der Waals surface area contributed by atoms with Crippen molar-refractivity contribution in [2.75, 3.05) is 24.5 Å². The number of para-hydroxylation sites is 1. The molecule has 0 spiro atoms. The highest BCUT2D eigenvalue weighted by Gasteiger charge is 2.22. The average Bonchev–Trinajstić information content (AvgIpc) is 3.10. The van der Waals surface area contributed by atoms with E-state index in [0.717, 1.165) is 44.1 Å². The Morgan fingerprint density at radius 1 is 1.29 bits per heavy atom. The first-order valence-corrected chi connectivity index (χ1v) is 8.74. The van der Waals surface area contributed by atoms with Gasteiger partial charge in [0.25, 0.3) is 0 Å². The molecule has 2 heterocycles. The van der Waals surface area contributed by atoms with Gasteiger partial charge in [0.15, 0.2) is 5.96 Å². The van der Waals surface area contributed by atoms with E-state index < -0.39 is 0 Å². The summed E-state index contributed by atoms with van der Waals surface area (Å²) in [5, 5.41) is 7.94. The third-order valence-corrected chi connectivity index (χ3v) is 4.76. The lowest BCUT2D eigenvalue weighted by atomic mass is 10.1. The maximum atomic E-state index is 4.88. The summed E-state index contributed by atoms with van der Waals surface area (Å²) < 4.78 is 1.95. The molecule has 1 N–H and O–H groups in total. The molecule has 1 aliphatic rings. The van der Waals surface area contributed by atoms with Crippen LogP contribution in [-0.2, 0) is 19.9 Å². The van der Waals surface area contributed by atoms with E-state index in [-0.39, 0.29) is 0 Å². The molecule has 0 amide bonds. The van der Waals surface area contributed by atoms with Crippen LogP contribution in [0.15, 0.2) is 29.3 Å². The first-order valence-electron chi connectivity index (χ1n) is 8.74. The van der Waals surface area contributed by atoms with Crippen LogP contribution in [0.1, 0.15) is 29.4 Å². The molecule has 3 rings (SSSR count). The van der Waals surface area contributed by atoms with Crippen LogP contribution >= 0.6 is 0 Å². The lowest BCUT2D eigenvalue weighted by Crippen LogP contribution is -2.40. The maximum Gasteiger partial charge on any atom is 0.198 e. The molecule has 1 aromatic carbocycles. The zero-order valence-corrected chi connectivity index (χ0v) is 15.1. The van der Waals surface area contributed by atoms with Gasteiger partial charge in [-0.2, -0.15) is 5.10 Å². The number of fused-ring (bicyclic) bond motifs is 1. The SMILES string of the molecule is CCNC(=NCCc1c(C)nn(C)c1C)N1CCc2ccccc21. The standard InChI is InChI=1S/C19H27N5/c1-5-20-19(24-13-11-16-8-6-7-9-18(16)24)21-12-10-17-14(2)22-23(4)15(17)3/h6-9H,5,10-13H2,1-4H3,(H,20,21). The smallest absolute Gasteiger partial charge is 0.198 e. The molecule has 1 aromatic heterocycles. The predicted molar refractivity (Wildman–Crippen MR) is 99.9 cm³/mol. The van der Waals surface area contributed by atoms with Gasteiger partial charge in [-0.3, -0.25) is 9.67 Å². The molecule has 0 bridgehead atoms. The van der Waals surface area contributed by atoms with Crippen molar-refractivity contribution in [3.63, 3.8) is 0 Å². The number of hydrogen-bond acceptors (Lipinski definition) is 2. The fraction of sp³-hybridized carbons (Fsp3) is 0.474. The van der Waals surface area contributed by atoms with Crippen LogP contribution in [0.3, 0.4) is 0 Å². The Balaban J connectivity index is 1.75. The number of rotatable bonds is 4. The lowest BCUT2D eigenvalue weighted by molar-refractivity contribution is 0.730. The van der Waals surface area contributed by atoms with Crippen molar-refractivity contribution in [1.82, 2.24) is 15.1 Å². The molecule has 24 heavy (non-hydrogen) atoms. The summed E-state index contributed by atoms with van der Waals surface area (Å²) in [7, 11) is 2.00. The zero-order valence-electron chi connectivity index (χ0n) is 15.1. The van der Waals surface area contributed by atoms with Crippen molar-refractivity contribution in [3.8, 4) is 0 Å². The van der Waals surface area contributed by atoms with Gasteiger partial charge in [0.2, 0.25) is 0 Å². The van der Waals surface area contributed by atoms with Gasteiger partial charge < -0.3 is 10.2 Å². The Labute approximate surface area is 144 Å². The van der Waals surface area contributed by atoms with Crippen molar-refractivity contribution in [2.24, 2.45) is 12.0 Å². The summed E-state index contributed by atoms with van der Waals surface area (Å²) in [4.78, 5) is 7.18. The molecule has 0 aliphatic carbocycles. The minimum Gasteiger partial charge on any atom is -0.356 e. The van der Waals surface area contributed by atoms with Crippen LogP contribution in [0, 0.1) is 13.8 Å². The van der Waals surface area contributed by atoms with Gasteiger partial charge in [-0.1, -0.05) is 18.2 Å². The van der Waals surface area contributed by atoms with Gasteiger partial charge in [0, 0.05) is 38.1 Å². The van der Waals surface area contributed by atoms with Crippen LogP contribution < -0.4 is 10.2 Å². The third-order valence-electron chi connectivity index (χ3n) is 4.76. The van der Waals surface area contributed by atoms with E-state index in [2.05, 4.69) is 60.4 Å². The van der Waals surface area contributed by atoms with Gasteiger partial charge in [0.05, 0.1) is 5.69 Å². The van der Waals surface area contributed by atoms with E-state index in [9.17, 15) is 0 Å². The summed E-state index contributed by atoms with van der Waals surface area (Å²) >= 11 is 0. The number of hydrogen-bond donors (Lipinski definition) is 1. The largest absolute Gasteiger partial charge is 0.356 e. The van der Waals surface area contributed by atoms with Crippen molar-refractivity contribution >= 4 is 11.6 Å². The molecule has 5 heteroatoms. The van der Waals surface area contributed by atoms with Gasteiger partial charge in [0.1, 0.15) is 0 Å². The second-order valence-corrected chi connectivity index (χ2v) is 6.29. The van der Waals surface area contributed by atoms with Crippen LogP contribution in [0.4, 0.5) is 5.69 Å². The van der Waals surface area contributed by atoms with E-state index in [1.807, 2.05) is 11.7 Å². The number of nitrogens with one attached hydrogen (secondary N) is 1. The molecule has 0 unspecified atom stereocenters. The summed E-state index contributed by atoms with van der Waals surface area (Å²) in [5.41, 5.74) is 6.35. The number of benzene rings is 1. The predicted octanol–water partition coefficient (Wildman–Crippen LogP) is 2.61. The first-order chi connectivity index (χ1) is 11.6. The highest BCUT2D eigenvalue weighted by atomic mass is 15.3. The molecular weight excluding hydrogens is 298 g/mol. The topological polar surface area (TPSA) is 45.5 Å². The summed E-state index contributed by atoms with van der Waals surface area (Å²) in [6.07, 6.45) is 2.01. The number of nitrogens with zero attached hydrogens (tertiary/aromatic N) is 4. The Hall–Kier alpha value is -2.30. The average molecular weight is 325 g/mol. The van der Waals surface area contributed by atoms with E-state index in [4.69, 9.17) is 4.99 Å². The van der Waals surface area contributed by atoms with E-state index in [0.29, 0.717) is 0 Å². The normalized spacial score (nSPS) is 14.2. The maximum absolute atomic E-state index is 4.88. The highest BCUT2D eigenvalue weighted by Crippen LogP contribution is 2.27. The fourth-order valence-corrected chi connectivity index (χ4v) is 3.41. The van der Waals surface area contributed by atoms with Gasteiger partial charge >= 0.3 is 0 Å². The second kappa shape index (κ2) is 7.07. The number of anilines is 1. The van der Waals surface area contributed by atoms with Crippen LogP contribution in [0.2, 0.25) is 0 Å². The summed E-state index contributed by atoms with van der Waals surface area (Å²) in [5.74, 6) is 0.988. The first kappa shape index (κ1) is 16.6. The van der Waals surface area contributed by atoms with E-state index >= 15 is 0 Å². The van der Waals surface area contributed by atoms with Crippen LogP contribution in [0.25, 0.3) is 0 Å². The van der Waals surface area contributed by atoms with Gasteiger partial charge in [-0.15, -0.1) is 0 Å². The summed E-state index contributed by atoms with van der Waals surface area (Å²) in [6.45, 7) is 8.97. The minimum absolute atomic E-state index is 0.772. The van der Waals surface area contributed by atoms with Crippen LogP contribution in [-0.4, -0.2) is 35.4 Å². The molecular formula is C19H27N5. The Bertz CT molecular complexity index is 744. The van der Waals surface area contributed by atoms with Crippen molar-refractivity contribution in [2.45, 2.75) is 33.6 Å². The molecule has 1 aliphatic heterocycles. The Kier molecular flexibility index (Phi) is 4.88. The Morgan fingerprint density at radius 2 is 2.08 bits per heavy atom. The summed E-state index contributed by atoms with van der Waals surface area (Å²) in [6, 6.07) is 8.61. The third kappa shape index (κ3) is 3.16. The number of guanidine groups is 1. The Morgan fingerprint density at radius 3 is 2.79 bits per heavy atom. The molecule has 0 atom stereocenters. The quantitative estimate of drug-likeness (QED) is 0.694. The molecule has 0 saturated heterocycles. The zero-order chi connectivity index (χ0) is 17.1. The monoisotopic (exact) mass is 325 g/mol. The molecule has 128 valence electrons.